The Morgan fingerprint density at radius 3 is 2.58 bits per heavy atom. The lowest BCUT2D eigenvalue weighted by atomic mass is 10.0. The summed E-state index contributed by atoms with van der Waals surface area (Å²) in [5.74, 6) is 0.446. The number of aromatic nitrogens is 6. The van der Waals surface area contributed by atoms with Gasteiger partial charge in [-0.15, -0.1) is 0 Å². The van der Waals surface area contributed by atoms with E-state index in [4.69, 9.17) is 4.98 Å². The zero-order chi connectivity index (χ0) is 24.6. The summed E-state index contributed by atoms with van der Waals surface area (Å²) < 4.78 is 14.5. The third kappa shape index (κ3) is 3.82. The Bertz CT molecular complexity index is 1740. The van der Waals surface area contributed by atoms with Gasteiger partial charge in [-0.05, 0) is 24.3 Å². The van der Waals surface area contributed by atoms with E-state index in [2.05, 4.69) is 25.1 Å². The van der Waals surface area contributed by atoms with Crippen LogP contribution in [0.4, 0.5) is 4.39 Å². The zero-order valence-corrected chi connectivity index (χ0v) is 19.4. The van der Waals surface area contributed by atoms with Crippen LogP contribution in [0, 0.1) is 5.82 Å². The number of hydrogen-bond donors (Lipinski definition) is 2. The van der Waals surface area contributed by atoms with Crippen LogP contribution in [0.3, 0.4) is 0 Å². The maximum Gasteiger partial charge on any atom is 0.181 e. The first kappa shape index (κ1) is 21.8. The topological polar surface area (TPSA) is 100 Å². The molecule has 6 rings (SSSR count). The highest BCUT2D eigenvalue weighted by atomic mass is 19.1. The van der Waals surface area contributed by atoms with Gasteiger partial charge in [0.1, 0.15) is 17.3 Å². The Balaban J connectivity index is 1.41. The lowest BCUT2D eigenvalue weighted by Crippen LogP contribution is -2.02. The number of halogens is 1. The fraction of sp³-hybridized carbons (Fsp3) is 0.107. The number of Topliss-reactive ketones (excluding diaryl/α,β-unsaturated/α-hetero) is 1. The molecule has 0 aliphatic rings. The molecular weight excluding hydrogens is 455 g/mol. The minimum atomic E-state index is -0.297. The number of benzene rings is 2. The van der Waals surface area contributed by atoms with E-state index in [1.807, 2.05) is 49.4 Å². The molecule has 0 aliphatic carbocycles. The van der Waals surface area contributed by atoms with Crippen molar-refractivity contribution < 1.29 is 9.18 Å². The molecular formula is C28H21FN6O. The predicted octanol–water partition coefficient (Wildman–Crippen LogP) is 5.89. The molecule has 0 aliphatic heterocycles. The van der Waals surface area contributed by atoms with Crippen molar-refractivity contribution in [1.29, 1.82) is 0 Å². The molecule has 7 nitrogen and oxygen atoms in total. The molecule has 0 unspecified atom stereocenters. The van der Waals surface area contributed by atoms with Crippen LogP contribution in [0.15, 0.2) is 73.1 Å². The number of ketones is 1. The summed E-state index contributed by atoms with van der Waals surface area (Å²) in [7, 11) is 0. The van der Waals surface area contributed by atoms with Gasteiger partial charge in [0.25, 0.3) is 0 Å². The molecule has 0 spiro atoms. The van der Waals surface area contributed by atoms with Crippen LogP contribution < -0.4 is 0 Å². The highest BCUT2D eigenvalue weighted by Crippen LogP contribution is 2.33. The van der Waals surface area contributed by atoms with Crippen LogP contribution >= 0.6 is 0 Å². The summed E-state index contributed by atoms with van der Waals surface area (Å²) in [5, 5.41) is 8.18. The maximum absolute atomic E-state index is 14.5. The minimum absolute atomic E-state index is 0.158. The number of carbonyl (C=O) groups is 1. The lowest BCUT2D eigenvalue weighted by Gasteiger charge is -2.04. The molecule has 0 saturated heterocycles. The standard InChI is InChI=1S/C28H21FN6O/c1-2-19(36)13-18-11-10-16(14-30-18)17-12-22-26(34-35-27(22)31-15-17)28-32-24-9-5-7-21(25(24)33-28)20-6-3-4-8-23(20)29/h3-12,14-15H,2,13H2,1H3,(H,32,33)(H,31,34,35). The molecule has 2 N–H and O–H groups in total. The third-order valence-electron chi connectivity index (χ3n) is 6.25. The SMILES string of the molecule is CCC(=O)Cc1ccc(-c2cnc3n[nH]c(-c4nc5c(-c6ccccc6F)cccc5[nH]4)c3c2)cn1. The van der Waals surface area contributed by atoms with Gasteiger partial charge in [-0.1, -0.05) is 43.3 Å². The van der Waals surface area contributed by atoms with Gasteiger partial charge in [0.05, 0.1) is 16.4 Å². The molecule has 36 heavy (non-hydrogen) atoms. The van der Waals surface area contributed by atoms with Crippen molar-refractivity contribution in [2.24, 2.45) is 0 Å². The van der Waals surface area contributed by atoms with E-state index in [1.54, 1.807) is 24.5 Å². The number of para-hydroxylation sites is 1. The van der Waals surface area contributed by atoms with E-state index in [1.165, 1.54) is 6.07 Å². The van der Waals surface area contributed by atoms with Crippen molar-refractivity contribution in [3.8, 4) is 33.8 Å². The number of nitrogens with one attached hydrogen (secondary N) is 2. The number of imidazole rings is 1. The van der Waals surface area contributed by atoms with E-state index < -0.39 is 0 Å². The monoisotopic (exact) mass is 476 g/mol. The van der Waals surface area contributed by atoms with Gasteiger partial charge in [0.15, 0.2) is 11.5 Å². The summed E-state index contributed by atoms with van der Waals surface area (Å²) in [5.41, 5.74) is 6.42. The van der Waals surface area contributed by atoms with Gasteiger partial charge >= 0.3 is 0 Å². The molecule has 2 aromatic carbocycles. The summed E-state index contributed by atoms with van der Waals surface area (Å²) in [6.07, 6.45) is 4.33. The normalized spacial score (nSPS) is 11.4. The molecule has 6 aromatic rings. The molecule has 0 amide bonds. The third-order valence-corrected chi connectivity index (χ3v) is 6.25. The van der Waals surface area contributed by atoms with E-state index in [0.717, 1.165) is 27.7 Å². The fourth-order valence-electron chi connectivity index (χ4n) is 4.31. The van der Waals surface area contributed by atoms with Crippen molar-refractivity contribution in [3.05, 3.63) is 84.6 Å². The first-order valence-corrected chi connectivity index (χ1v) is 11.7. The quantitative estimate of drug-likeness (QED) is 0.312. The number of aromatic amines is 2. The molecule has 4 aromatic heterocycles. The highest BCUT2D eigenvalue weighted by Gasteiger charge is 2.17. The van der Waals surface area contributed by atoms with Gasteiger partial charge in [-0.2, -0.15) is 5.10 Å². The largest absolute Gasteiger partial charge is 0.337 e. The van der Waals surface area contributed by atoms with Crippen molar-refractivity contribution in [1.82, 2.24) is 30.1 Å². The van der Waals surface area contributed by atoms with Crippen LogP contribution in [0.25, 0.3) is 55.8 Å². The molecule has 0 saturated carbocycles. The van der Waals surface area contributed by atoms with Gasteiger partial charge < -0.3 is 4.98 Å². The van der Waals surface area contributed by atoms with Gasteiger partial charge in [-0.3, -0.25) is 14.9 Å². The average Bonchev–Trinajstić information content (AvgIpc) is 3.53. The first-order valence-electron chi connectivity index (χ1n) is 11.7. The number of carbonyl (C=O) groups excluding carboxylic acids is 1. The van der Waals surface area contributed by atoms with Crippen LogP contribution in [0.5, 0.6) is 0 Å². The predicted molar refractivity (Wildman–Crippen MR) is 137 cm³/mol. The van der Waals surface area contributed by atoms with E-state index in [9.17, 15) is 9.18 Å². The average molecular weight is 477 g/mol. The molecule has 8 heteroatoms. The van der Waals surface area contributed by atoms with Crippen molar-refractivity contribution in [2.45, 2.75) is 19.8 Å². The number of rotatable bonds is 6. The Labute approximate surface area is 205 Å². The van der Waals surface area contributed by atoms with Crippen molar-refractivity contribution >= 4 is 27.9 Å². The van der Waals surface area contributed by atoms with E-state index in [-0.39, 0.29) is 11.6 Å². The molecule has 0 radical (unpaired) electrons. The number of fused-ring (bicyclic) bond motifs is 2. The molecule has 0 bridgehead atoms. The summed E-state index contributed by atoms with van der Waals surface area (Å²) in [4.78, 5) is 28.8. The second-order valence-corrected chi connectivity index (χ2v) is 8.57. The summed E-state index contributed by atoms with van der Waals surface area (Å²) >= 11 is 0. The van der Waals surface area contributed by atoms with Gasteiger partial charge in [0, 0.05) is 53.2 Å². The van der Waals surface area contributed by atoms with Gasteiger partial charge in [0.2, 0.25) is 0 Å². The second kappa shape index (κ2) is 8.81. The van der Waals surface area contributed by atoms with Crippen molar-refractivity contribution in [3.63, 3.8) is 0 Å². The fourth-order valence-corrected chi connectivity index (χ4v) is 4.31. The number of H-pyrrole nitrogens is 2. The minimum Gasteiger partial charge on any atom is -0.337 e. The lowest BCUT2D eigenvalue weighted by molar-refractivity contribution is -0.118. The Hall–Kier alpha value is -4.72. The number of hydrogen-bond acceptors (Lipinski definition) is 5. The van der Waals surface area contributed by atoms with E-state index >= 15 is 0 Å². The Morgan fingerprint density at radius 2 is 1.78 bits per heavy atom. The van der Waals surface area contributed by atoms with E-state index in [0.29, 0.717) is 46.7 Å². The maximum atomic E-state index is 14.5. The number of nitrogens with zero attached hydrogens (tertiary/aromatic N) is 4. The smallest absolute Gasteiger partial charge is 0.181 e. The summed E-state index contributed by atoms with van der Waals surface area (Å²) in [6, 6.07) is 18.1. The summed E-state index contributed by atoms with van der Waals surface area (Å²) in [6.45, 7) is 1.85. The Morgan fingerprint density at radius 1 is 0.944 bits per heavy atom. The molecule has 4 heterocycles. The van der Waals surface area contributed by atoms with Crippen LogP contribution in [-0.2, 0) is 11.2 Å². The second-order valence-electron chi connectivity index (χ2n) is 8.57. The van der Waals surface area contributed by atoms with Crippen LogP contribution in [0.2, 0.25) is 0 Å². The zero-order valence-electron chi connectivity index (χ0n) is 19.4. The molecule has 0 fully saturated rings. The first-order chi connectivity index (χ1) is 17.6. The number of pyridine rings is 2. The van der Waals surface area contributed by atoms with Crippen LogP contribution in [-0.4, -0.2) is 35.9 Å². The molecule has 176 valence electrons. The van der Waals surface area contributed by atoms with Crippen molar-refractivity contribution in [2.75, 3.05) is 0 Å². The molecule has 0 atom stereocenters. The Kier molecular flexibility index (Phi) is 5.33. The van der Waals surface area contributed by atoms with Crippen LogP contribution in [0.1, 0.15) is 19.0 Å². The van der Waals surface area contributed by atoms with Gasteiger partial charge in [-0.25, -0.2) is 14.4 Å². The highest BCUT2D eigenvalue weighted by molar-refractivity contribution is 5.97.